The minimum Gasteiger partial charge on any atom is -0.497 e. The Hall–Kier alpha value is -2.32. The van der Waals surface area contributed by atoms with E-state index in [0.717, 1.165) is 31.8 Å². The molecule has 8 heteroatoms. The lowest BCUT2D eigenvalue weighted by Gasteiger charge is -2.21. The van der Waals surface area contributed by atoms with Crippen LogP contribution in [0.5, 0.6) is 5.75 Å². The Labute approximate surface area is 164 Å². The van der Waals surface area contributed by atoms with Crippen molar-refractivity contribution in [3.63, 3.8) is 0 Å². The van der Waals surface area contributed by atoms with Crippen molar-refractivity contribution in [3.8, 4) is 5.75 Å². The molecule has 2 aromatic heterocycles. The second-order valence-corrected chi connectivity index (χ2v) is 7.36. The first-order valence-electron chi connectivity index (χ1n) is 8.01. The van der Waals surface area contributed by atoms with Gasteiger partial charge in [0, 0.05) is 25.5 Å². The standard InChI is InChI=1S/C18H19BrN4O2S/c1-4-23(10-5-7-11(25-3)8-6-10)18(24)16-14(20)13-15(21-2)12(19)9-22-17(13)26-16/h5-9H,4,20H2,1-3H3,(H,21,22). The lowest BCUT2D eigenvalue weighted by atomic mass is 10.2. The summed E-state index contributed by atoms with van der Waals surface area (Å²) in [5, 5.41) is 3.88. The van der Waals surface area contributed by atoms with E-state index < -0.39 is 0 Å². The zero-order valence-electron chi connectivity index (χ0n) is 14.7. The summed E-state index contributed by atoms with van der Waals surface area (Å²) in [4.78, 5) is 20.5. The molecule has 0 atom stereocenters. The summed E-state index contributed by atoms with van der Waals surface area (Å²) in [6.45, 7) is 2.45. The minimum atomic E-state index is -0.142. The molecule has 0 radical (unpaired) electrons. The van der Waals surface area contributed by atoms with Crippen molar-refractivity contribution in [2.45, 2.75) is 6.92 Å². The zero-order valence-corrected chi connectivity index (χ0v) is 17.1. The quantitative estimate of drug-likeness (QED) is 0.623. The number of nitrogen functional groups attached to an aromatic ring is 1. The third-order valence-corrected chi connectivity index (χ3v) is 5.80. The van der Waals surface area contributed by atoms with Gasteiger partial charge in [0.25, 0.3) is 5.91 Å². The molecule has 0 unspecified atom stereocenters. The normalized spacial score (nSPS) is 10.8. The lowest BCUT2D eigenvalue weighted by molar-refractivity contribution is 0.0993. The molecule has 0 saturated heterocycles. The number of halogens is 1. The number of methoxy groups -OCH3 is 1. The van der Waals surface area contributed by atoms with Crippen molar-refractivity contribution in [1.29, 1.82) is 0 Å². The highest BCUT2D eigenvalue weighted by Crippen LogP contribution is 2.41. The maximum absolute atomic E-state index is 13.2. The van der Waals surface area contributed by atoms with Gasteiger partial charge in [0.1, 0.15) is 15.5 Å². The highest BCUT2D eigenvalue weighted by Gasteiger charge is 2.24. The van der Waals surface area contributed by atoms with Gasteiger partial charge in [-0.3, -0.25) is 4.79 Å². The Morgan fingerprint density at radius 2 is 2.08 bits per heavy atom. The highest BCUT2D eigenvalue weighted by atomic mass is 79.9. The monoisotopic (exact) mass is 434 g/mol. The van der Waals surface area contributed by atoms with Crippen LogP contribution < -0.4 is 20.7 Å². The van der Waals surface area contributed by atoms with Crippen LogP contribution in [0.2, 0.25) is 0 Å². The van der Waals surface area contributed by atoms with Crippen LogP contribution in [0.1, 0.15) is 16.6 Å². The van der Waals surface area contributed by atoms with Gasteiger partial charge in [0.05, 0.1) is 28.3 Å². The van der Waals surface area contributed by atoms with Crippen LogP contribution in [0, 0.1) is 0 Å². The average molecular weight is 435 g/mol. The maximum atomic E-state index is 13.2. The fourth-order valence-corrected chi connectivity index (χ4v) is 4.32. The zero-order chi connectivity index (χ0) is 18.8. The Kier molecular flexibility index (Phi) is 5.33. The number of carbonyl (C=O) groups excluding carboxylic acids is 1. The van der Waals surface area contributed by atoms with E-state index in [1.807, 2.05) is 38.2 Å². The summed E-state index contributed by atoms with van der Waals surface area (Å²) in [5.41, 5.74) is 8.41. The summed E-state index contributed by atoms with van der Waals surface area (Å²) in [6, 6.07) is 7.38. The number of thiophene rings is 1. The maximum Gasteiger partial charge on any atom is 0.270 e. The van der Waals surface area contributed by atoms with Crippen molar-refractivity contribution < 1.29 is 9.53 Å². The van der Waals surface area contributed by atoms with Gasteiger partial charge >= 0.3 is 0 Å². The number of rotatable bonds is 5. The molecule has 0 bridgehead atoms. The molecule has 2 heterocycles. The molecule has 0 aliphatic heterocycles. The van der Waals surface area contributed by atoms with Crippen LogP contribution >= 0.6 is 27.3 Å². The number of benzene rings is 1. The summed E-state index contributed by atoms with van der Waals surface area (Å²) in [7, 11) is 3.42. The first kappa shape index (κ1) is 18.5. The van der Waals surface area contributed by atoms with Gasteiger partial charge in [0.2, 0.25) is 0 Å². The van der Waals surface area contributed by atoms with Gasteiger partial charge in [-0.1, -0.05) is 0 Å². The van der Waals surface area contributed by atoms with Gasteiger partial charge in [-0.2, -0.15) is 0 Å². The fraction of sp³-hybridized carbons (Fsp3) is 0.222. The SMILES string of the molecule is CCN(C(=O)c1sc2ncc(Br)c(NC)c2c1N)c1ccc(OC)cc1. The number of fused-ring (bicyclic) bond motifs is 1. The topological polar surface area (TPSA) is 80.5 Å². The fourth-order valence-electron chi connectivity index (χ4n) is 2.79. The number of nitrogens with two attached hydrogens (primary N) is 1. The third kappa shape index (κ3) is 3.10. The van der Waals surface area contributed by atoms with Gasteiger partial charge < -0.3 is 20.7 Å². The Morgan fingerprint density at radius 3 is 2.65 bits per heavy atom. The van der Waals surface area contributed by atoms with Crippen LogP contribution in [0.3, 0.4) is 0 Å². The van der Waals surface area contributed by atoms with E-state index in [1.54, 1.807) is 18.2 Å². The highest BCUT2D eigenvalue weighted by molar-refractivity contribution is 9.10. The van der Waals surface area contributed by atoms with Crippen molar-refractivity contribution >= 4 is 60.5 Å². The van der Waals surface area contributed by atoms with Crippen LogP contribution in [0.15, 0.2) is 34.9 Å². The lowest BCUT2D eigenvalue weighted by Crippen LogP contribution is -2.30. The number of aromatic nitrogens is 1. The average Bonchev–Trinajstić information content (AvgIpc) is 3.00. The molecule has 26 heavy (non-hydrogen) atoms. The molecule has 3 aromatic rings. The molecule has 6 nitrogen and oxygen atoms in total. The van der Waals surface area contributed by atoms with Crippen LogP contribution in [0.25, 0.3) is 10.2 Å². The molecule has 136 valence electrons. The molecule has 3 N–H and O–H groups in total. The van der Waals surface area contributed by atoms with E-state index >= 15 is 0 Å². The van der Waals surface area contributed by atoms with Crippen molar-refractivity contribution in [2.24, 2.45) is 0 Å². The van der Waals surface area contributed by atoms with Crippen LogP contribution in [-0.4, -0.2) is 31.6 Å². The van der Waals surface area contributed by atoms with Gasteiger partial charge in [-0.05, 0) is 47.1 Å². The van der Waals surface area contributed by atoms with Crippen LogP contribution in [-0.2, 0) is 0 Å². The smallest absolute Gasteiger partial charge is 0.270 e. The number of carbonyl (C=O) groups is 1. The number of pyridine rings is 1. The Balaban J connectivity index is 2.06. The van der Waals surface area contributed by atoms with Crippen molar-refractivity contribution in [2.75, 3.05) is 36.7 Å². The number of anilines is 3. The summed E-state index contributed by atoms with van der Waals surface area (Å²) < 4.78 is 5.99. The second-order valence-electron chi connectivity index (χ2n) is 5.50. The van der Waals surface area contributed by atoms with E-state index in [4.69, 9.17) is 10.5 Å². The molecule has 0 saturated carbocycles. The van der Waals surface area contributed by atoms with Gasteiger partial charge in [-0.15, -0.1) is 11.3 Å². The van der Waals surface area contributed by atoms with Crippen molar-refractivity contribution in [3.05, 3.63) is 39.8 Å². The van der Waals surface area contributed by atoms with Gasteiger partial charge in [-0.25, -0.2) is 4.98 Å². The number of ether oxygens (including phenoxy) is 1. The molecule has 0 spiro atoms. The molecule has 0 aliphatic rings. The van der Waals surface area contributed by atoms with E-state index in [0.29, 0.717) is 17.1 Å². The first-order valence-corrected chi connectivity index (χ1v) is 9.62. The van der Waals surface area contributed by atoms with E-state index in [1.165, 1.54) is 11.3 Å². The van der Waals surface area contributed by atoms with Crippen LogP contribution in [0.4, 0.5) is 17.1 Å². The third-order valence-electron chi connectivity index (χ3n) is 4.10. The molecule has 3 rings (SSSR count). The number of nitrogens with zero attached hydrogens (tertiary/aromatic N) is 2. The molecule has 1 amide bonds. The number of hydrogen-bond acceptors (Lipinski definition) is 6. The predicted octanol–water partition coefficient (Wildman–Crippen LogP) is 4.36. The van der Waals surface area contributed by atoms with Crippen molar-refractivity contribution in [1.82, 2.24) is 4.98 Å². The molecule has 1 aromatic carbocycles. The molecular weight excluding hydrogens is 416 g/mol. The summed E-state index contributed by atoms with van der Waals surface area (Å²) >= 11 is 4.77. The number of hydrogen-bond donors (Lipinski definition) is 2. The number of amides is 1. The van der Waals surface area contributed by atoms with E-state index in [9.17, 15) is 4.79 Å². The largest absolute Gasteiger partial charge is 0.497 e. The Morgan fingerprint density at radius 1 is 1.38 bits per heavy atom. The Bertz CT molecular complexity index is 956. The summed E-state index contributed by atoms with van der Waals surface area (Å²) in [5.74, 6) is 0.600. The minimum absolute atomic E-state index is 0.142. The number of nitrogens with one attached hydrogen (secondary N) is 1. The molecular formula is C18H19BrN4O2S. The van der Waals surface area contributed by atoms with Gasteiger partial charge in [0.15, 0.2) is 0 Å². The second kappa shape index (κ2) is 7.51. The van der Waals surface area contributed by atoms with E-state index in [-0.39, 0.29) is 5.91 Å². The predicted molar refractivity (Wildman–Crippen MR) is 112 cm³/mol. The summed E-state index contributed by atoms with van der Waals surface area (Å²) in [6.07, 6.45) is 1.71. The first-order chi connectivity index (χ1) is 12.5. The molecule has 0 fully saturated rings. The molecule has 0 aliphatic carbocycles. The van der Waals surface area contributed by atoms with E-state index in [2.05, 4.69) is 26.2 Å².